The molecule has 3 aromatic heterocycles. The van der Waals surface area contributed by atoms with Gasteiger partial charge in [-0.1, -0.05) is 6.92 Å². The molecule has 0 radical (unpaired) electrons. The average molecular weight is 506 g/mol. The fraction of sp³-hybridized carbons (Fsp3) is 0.423. The number of aromatic nitrogens is 5. The molecule has 0 saturated carbocycles. The van der Waals surface area contributed by atoms with E-state index in [0.29, 0.717) is 54.6 Å². The number of methoxy groups -OCH3 is 1. The monoisotopic (exact) mass is 505 g/mol. The van der Waals surface area contributed by atoms with Crippen molar-refractivity contribution in [1.82, 2.24) is 35.0 Å². The van der Waals surface area contributed by atoms with E-state index in [1.54, 1.807) is 30.2 Å². The molecule has 1 atom stereocenters. The van der Waals surface area contributed by atoms with Gasteiger partial charge in [0.1, 0.15) is 11.8 Å². The van der Waals surface area contributed by atoms with Crippen LogP contribution in [-0.4, -0.2) is 74.2 Å². The van der Waals surface area contributed by atoms with Crippen molar-refractivity contribution in [1.29, 1.82) is 0 Å². The Morgan fingerprint density at radius 1 is 1.19 bits per heavy atom. The molecule has 11 nitrogen and oxygen atoms in total. The van der Waals surface area contributed by atoms with Crippen LogP contribution in [0.3, 0.4) is 0 Å². The Balaban J connectivity index is 1.54. The van der Waals surface area contributed by atoms with Gasteiger partial charge >= 0.3 is 0 Å². The second kappa shape index (κ2) is 9.81. The van der Waals surface area contributed by atoms with Gasteiger partial charge in [0.25, 0.3) is 11.5 Å². The molecule has 1 N–H and O–H groups in total. The minimum atomic E-state index is -0.503. The number of H-pyrrole nitrogens is 1. The predicted molar refractivity (Wildman–Crippen MR) is 137 cm³/mol. The summed E-state index contributed by atoms with van der Waals surface area (Å²) in [4.78, 5) is 33.3. The Morgan fingerprint density at radius 3 is 2.65 bits per heavy atom. The lowest BCUT2D eigenvalue weighted by Crippen LogP contribution is -2.51. The molecule has 194 valence electrons. The van der Waals surface area contributed by atoms with Crippen LogP contribution in [0.5, 0.6) is 5.75 Å². The van der Waals surface area contributed by atoms with E-state index >= 15 is 0 Å². The van der Waals surface area contributed by atoms with Gasteiger partial charge in [-0.2, -0.15) is 0 Å². The van der Waals surface area contributed by atoms with E-state index in [9.17, 15) is 9.59 Å². The van der Waals surface area contributed by atoms with Gasteiger partial charge in [0.15, 0.2) is 11.6 Å². The molecule has 1 fully saturated rings. The summed E-state index contributed by atoms with van der Waals surface area (Å²) in [5, 5.41) is 13.6. The van der Waals surface area contributed by atoms with Crippen LogP contribution in [0.4, 0.5) is 0 Å². The van der Waals surface area contributed by atoms with Crippen molar-refractivity contribution in [3.05, 3.63) is 70.2 Å². The molecule has 0 aliphatic carbocycles. The summed E-state index contributed by atoms with van der Waals surface area (Å²) in [6, 6.07) is 10.4. The summed E-state index contributed by atoms with van der Waals surface area (Å²) in [5.74, 6) is 1.44. The van der Waals surface area contributed by atoms with Crippen LogP contribution in [-0.2, 0) is 5.54 Å². The van der Waals surface area contributed by atoms with Crippen molar-refractivity contribution in [2.45, 2.75) is 38.8 Å². The number of piperazine rings is 1. The number of rotatable bonds is 7. The van der Waals surface area contributed by atoms with E-state index in [0.717, 1.165) is 11.8 Å². The van der Waals surface area contributed by atoms with Crippen molar-refractivity contribution >= 4 is 16.8 Å². The number of furan rings is 1. The first-order valence-corrected chi connectivity index (χ1v) is 12.4. The first kappa shape index (κ1) is 24.7. The summed E-state index contributed by atoms with van der Waals surface area (Å²) in [6.07, 6.45) is 2.30. The second-order valence-electron chi connectivity index (χ2n) is 9.83. The highest BCUT2D eigenvalue weighted by molar-refractivity contribution is 5.91. The number of pyridine rings is 1. The van der Waals surface area contributed by atoms with E-state index in [1.807, 2.05) is 22.9 Å². The zero-order valence-electron chi connectivity index (χ0n) is 21.5. The van der Waals surface area contributed by atoms with Crippen LogP contribution >= 0.6 is 0 Å². The first-order chi connectivity index (χ1) is 17.8. The summed E-state index contributed by atoms with van der Waals surface area (Å²) >= 11 is 0. The van der Waals surface area contributed by atoms with Gasteiger partial charge in [-0.15, -0.1) is 5.10 Å². The topological polar surface area (TPSA) is 122 Å². The maximum absolute atomic E-state index is 13.5. The highest BCUT2D eigenvalue weighted by atomic mass is 16.5. The van der Waals surface area contributed by atoms with Crippen molar-refractivity contribution < 1.29 is 13.9 Å². The molecule has 11 heteroatoms. The third kappa shape index (κ3) is 4.62. The van der Waals surface area contributed by atoms with Crippen molar-refractivity contribution in [3.63, 3.8) is 0 Å². The lowest BCUT2D eigenvalue weighted by Gasteiger charge is -2.39. The van der Waals surface area contributed by atoms with E-state index in [4.69, 9.17) is 9.15 Å². The molecule has 0 bridgehead atoms. The Morgan fingerprint density at radius 2 is 1.97 bits per heavy atom. The zero-order chi connectivity index (χ0) is 26.2. The number of ether oxygens (including phenoxy) is 1. The van der Waals surface area contributed by atoms with Gasteiger partial charge in [-0.05, 0) is 66.4 Å². The van der Waals surface area contributed by atoms with Crippen molar-refractivity contribution in [2.24, 2.45) is 0 Å². The van der Waals surface area contributed by atoms with Crippen LogP contribution in [0.1, 0.15) is 55.2 Å². The largest absolute Gasteiger partial charge is 0.497 e. The van der Waals surface area contributed by atoms with Crippen LogP contribution in [0.25, 0.3) is 10.9 Å². The van der Waals surface area contributed by atoms with Gasteiger partial charge in [0.05, 0.1) is 24.4 Å². The quantitative estimate of drug-likeness (QED) is 0.407. The number of aromatic amines is 1. The normalized spacial score (nSPS) is 15.7. The van der Waals surface area contributed by atoms with Gasteiger partial charge in [-0.25, -0.2) is 4.68 Å². The molecule has 37 heavy (non-hydrogen) atoms. The molecular formula is C26H31N7O4. The van der Waals surface area contributed by atoms with Crippen molar-refractivity contribution in [2.75, 3.05) is 33.3 Å². The minimum Gasteiger partial charge on any atom is -0.497 e. The maximum atomic E-state index is 13.5. The lowest BCUT2D eigenvalue weighted by atomic mass is 9.99. The molecule has 1 aliphatic heterocycles. The molecule has 1 aromatic carbocycles. The van der Waals surface area contributed by atoms with Crippen LogP contribution in [0, 0.1) is 0 Å². The van der Waals surface area contributed by atoms with Gasteiger partial charge in [-0.3, -0.25) is 14.5 Å². The van der Waals surface area contributed by atoms with E-state index < -0.39 is 6.04 Å². The highest BCUT2D eigenvalue weighted by Gasteiger charge is 2.36. The van der Waals surface area contributed by atoms with Crippen LogP contribution in [0.15, 0.2) is 51.9 Å². The molecule has 1 amide bonds. The van der Waals surface area contributed by atoms with Crippen molar-refractivity contribution in [3.8, 4) is 5.75 Å². The summed E-state index contributed by atoms with van der Waals surface area (Å²) in [7, 11) is 1.59. The number of hydrogen-bond donors (Lipinski definition) is 1. The first-order valence-electron chi connectivity index (χ1n) is 12.4. The Bertz CT molecular complexity index is 1450. The summed E-state index contributed by atoms with van der Waals surface area (Å²) < 4.78 is 12.4. The molecule has 1 aliphatic rings. The van der Waals surface area contributed by atoms with Crippen LogP contribution < -0.4 is 10.3 Å². The molecule has 4 heterocycles. The number of tetrazole rings is 1. The van der Waals surface area contributed by atoms with Crippen LogP contribution in [0.2, 0.25) is 0 Å². The molecular weight excluding hydrogens is 474 g/mol. The Hall–Kier alpha value is -3.99. The number of benzene rings is 1. The van der Waals surface area contributed by atoms with Gasteiger partial charge < -0.3 is 19.0 Å². The van der Waals surface area contributed by atoms with E-state index in [2.05, 4.69) is 46.2 Å². The summed E-state index contributed by atoms with van der Waals surface area (Å²) in [6.45, 7) is 8.26. The molecule has 5 rings (SSSR count). The molecule has 1 saturated heterocycles. The molecule has 0 spiro atoms. The lowest BCUT2D eigenvalue weighted by molar-refractivity contribution is 0.0554. The minimum absolute atomic E-state index is 0.143. The smallest absolute Gasteiger partial charge is 0.289 e. The zero-order valence-corrected chi connectivity index (χ0v) is 21.5. The van der Waals surface area contributed by atoms with Gasteiger partial charge in [0, 0.05) is 37.8 Å². The fourth-order valence-electron chi connectivity index (χ4n) is 4.71. The third-order valence-electron chi connectivity index (χ3n) is 7.25. The Kier molecular flexibility index (Phi) is 6.55. The number of fused-ring (bicyclic) bond motifs is 1. The number of nitrogens with one attached hydrogen (secondary N) is 1. The number of amides is 1. The third-order valence-corrected chi connectivity index (χ3v) is 7.25. The standard InChI is InChI=1S/C26H31N7O4/c1-5-26(2,3)33-23(28-29-30-33)22(19-15-17-8-9-18(36-4)16-20(17)27-24(19)34)31-10-12-32(13-11-31)25(35)21-7-6-14-37-21/h6-9,14-16,22H,5,10-13H2,1-4H3,(H,27,34)/t22-/m0/s1. The highest BCUT2D eigenvalue weighted by Crippen LogP contribution is 2.31. The predicted octanol–water partition coefficient (Wildman–Crippen LogP) is 2.81. The summed E-state index contributed by atoms with van der Waals surface area (Å²) in [5.41, 5.74) is 0.662. The number of hydrogen-bond acceptors (Lipinski definition) is 8. The van der Waals surface area contributed by atoms with Gasteiger partial charge in [0.2, 0.25) is 0 Å². The van der Waals surface area contributed by atoms with E-state index in [1.165, 1.54) is 6.26 Å². The second-order valence-corrected chi connectivity index (χ2v) is 9.83. The van der Waals surface area contributed by atoms with E-state index in [-0.39, 0.29) is 17.0 Å². The Labute approximate surface area is 214 Å². The SMILES string of the molecule is CCC(C)(C)n1nnnc1[C@H](c1cc2ccc(OC)cc2[nH]c1=O)N1CCN(C(=O)c2ccco2)CC1. The average Bonchev–Trinajstić information content (AvgIpc) is 3.62. The maximum Gasteiger partial charge on any atom is 0.289 e. The fourth-order valence-corrected chi connectivity index (χ4v) is 4.71. The number of nitrogens with zero attached hydrogens (tertiary/aromatic N) is 6. The number of carbonyl (C=O) groups excluding carboxylic acids is 1. The number of carbonyl (C=O) groups is 1. The molecule has 4 aromatic rings. The molecule has 0 unspecified atom stereocenters.